The van der Waals surface area contributed by atoms with Gasteiger partial charge in [-0.15, -0.1) is 0 Å². The monoisotopic (exact) mass is 828 g/mol. The summed E-state index contributed by atoms with van der Waals surface area (Å²) in [6.45, 7) is 18.3. The fourth-order valence-electron chi connectivity index (χ4n) is 10.3. The maximum atomic E-state index is 7.09. The van der Waals surface area contributed by atoms with Crippen molar-refractivity contribution in [3.05, 3.63) is 198 Å². The normalized spacial score (nSPS) is 13.2. The average Bonchev–Trinajstić information content (AvgIpc) is 3.29. The highest BCUT2D eigenvalue weighted by Gasteiger charge is 2.41. The Morgan fingerprint density at radius 1 is 0.328 bits per heavy atom. The first-order valence-corrected chi connectivity index (χ1v) is 22.8. The van der Waals surface area contributed by atoms with E-state index in [9.17, 15) is 0 Å². The molecular formula is C61H53BO2. The van der Waals surface area contributed by atoms with E-state index in [1.165, 1.54) is 77.0 Å². The zero-order valence-electron chi connectivity index (χ0n) is 38.1. The molecule has 2 aliphatic heterocycles. The summed E-state index contributed by atoms with van der Waals surface area (Å²) < 4.78 is 14.2. The van der Waals surface area contributed by atoms with Crippen LogP contribution in [0.25, 0.3) is 54.9 Å². The molecule has 0 unspecified atom stereocenters. The quantitative estimate of drug-likeness (QED) is 0.127. The van der Waals surface area contributed by atoms with E-state index in [0.29, 0.717) is 0 Å². The highest BCUT2D eigenvalue weighted by Crippen LogP contribution is 2.47. The topological polar surface area (TPSA) is 18.5 Å². The SMILES string of the molecule is CC(C)(C)c1ccc2c(c1)Oc1cc(-c3cc(-c4c5ccccc5c(-c5ccccc5)c5ccccc45)cc(C(C)(C)c4ccccc4)c3)cc3c1B2c1ccc(C(C)(C)C)cc1O3. The molecule has 0 aromatic heterocycles. The fourth-order valence-corrected chi connectivity index (χ4v) is 10.3. The highest BCUT2D eigenvalue weighted by atomic mass is 16.5. The van der Waals surface area contributed by atoms with E-state index in [0.717, 1.165) is 39.6 Å². The molecule has 0 saturated heterocycles. The molecule has 0 N–H and O–H groups in total. The van der Waals surface area contributed by atoms with Gasteiger partial charge in [-0.2, -0.15) is 0 Å². The van der Waals surface area contributed by atoms with Crippen LogP contribution in [0, 0.1) is 0 Å². The second kappa shape index (κ2) is 14.6. The van der Waals surface area contributed by atoms with Gasteiger partial charge >= 0.3 is 0 Å². The number of hydrogen-bond acceptors (Lipinski definition) is 2. The summed E-state index contributed by atoms with van der Waals surface area (Å²) in [4.78, 5) is 0. The van der Waals surface area contributed by atoms with Crippen LogP contribution < -0.4 is 25.9 Å². The third-order valence-corrected chi connectivity index (χ3v) is 14.0. The lowest BCUT2D eigenvalue weighted by Crippen LogP contribution is -2.57. The van der Waals surface area contributed by atoms with Crippen LogP contribution in [-0.4, -0.2) is 6.71 Å². The molecule has 0 aliphatic carbocycles. The van der Waals surface area contributed by atoms with Crippen molar-refractivity contribution in [3.63, 3.8) is 0 Å². The van der Waals surface area contributed by atoms with Crippen LogP contribution in [0.2, 0.25) is 0 Å². The minimum Gasteiger partial charge on any atom is -0.458 e. The maximum Gasteiger partial charge on any atom is 0.260 e. The summed E-state index contributed by atoms with van der Waals surface area (Å²) in [6.07, 6.45) is 0. The molecule has 0 radical (unpaired) electrons. The van der Waals surface area contributed by atoms with Gasteiger partial charge in [-0.25, -0.2) is 0 Å². The first-order chi connectivity index (χ1) is 30.7. The largest absolute Gasteiger partial charge is 0.458 e. The van der Waals surface area contributed by atoms with Gasteiger partial charge in [0, 0.05) is 10.9 Å². The van der Waals surface area contributed by atoms with Gasteiger partial charge in [0.2, 0.25) is 0 Å². The van der Waals surface area contributed by atoms with Crippen LogP contribution in [-0.2, 0) is 16.2 Å². The van der Waals surface area contributed by atoms with Crippen molar-refractivity contribution in [2.24, 2.45) is 0 Å². The molecule has 0 saturated carbocycles. The van der Waals surface area contributed by atoms with Crippen LogP contribution >= 0.6 is 0 Å². The smallest absolute Gasteiger partial charge is 0.260 e. The van der Waals surface area contributed by atoms with Crippen molar-refractivity contribution in [2.75, 3.05) is 0 Å². The summed E-state index contributed by atoms with van der Waals surface area (Å²) in [5.41, 5.74) is 15.1. The summed E-state index contributed by atoms with van der Waals surface area (Å²) in [5, 5.41) is 4.94. The lowest BCUT2D eigenvalue weighted by Gasteiger charge is -2.35. The van der Waals surface area contributed by atoms with E-state index >= 15 is 0 Å². The van der Waals surface area contributed by atoms with Crippen molar-refractivity contribution in [2.45, 2.75) is 71.6 Å². The maximum absolute atomic E-state index is 7.09. The molecule has 11 rings (SSSR count). The number of ether oxygens (including phenoxy) is 2. The fraction of sp³-hybridized carbons (Fsp3) is 0.180. The highest BCUT2D eigenvalue weighted by molar-refractivity contribution is 6.98. The molecule has 312 valence electrons. The summed E-state index contributed by atoms with van der Waals surface area (Å²) in [7, 11) is 0. The average molecular weight is 829 g/mol. The second-order valence-corrected chi connectivity index (χ2v) is 20.5. The molecule has 2 aliphatic rings. The van der Waals surface area contributed by atoms with Gasteiger partial charge in [0.25, 0.3) is 6.71 Å². The van der Waals surface area contributed by atoms with Gasteiger partial charge in [0.1, 0.15) is 23.0 Å². The standard InChI is InChI=1S/C61H53BO2/c1-59(2,3)43-27-29-50-52(36-43)63-54-34-40(35-55-58(54)62(50)51-30-28-44(60(4,5)6)37-53(51)64-55)39-31-41(33-45(32-39)61(7,8)42-21-13-10-14-22-42)57-48-25-17-15-23-46(48)56(38-19-11-9-12-20-38)47-24-16-18-26-49(47)57/h9-37H,1-8H3. The number of fused-ring (bicyclic) bond motifs is 6. The van der Waals surface area contributed by atoms with Crippen molar-refractivity contribution in [1.82, 2.24) is 0 Å². The van der Waals surface area contributed by atoms with Crippen LogP contribution in [0.15, 0.2) is 176 Å². The van der Waals surface area contributed by atoms with Gasteiger partial charge in [-0.05, 0) is 129 Å². The third kappa shape index (κ3) is 6.55. The molecule has 2 heterocycles. The van der Waals surface area contributed by atoms with Gasteiger partial charge in [0.05, 0.1) is 0 Å². The first-order valence-electron chi connectivity index (χ1n) is 22.8. The predicted molar refractivity (Wildman–Crippen MR) is 271 cm³/mol. The Bertz CT molecular complexity index is 3170. The Hall–Kier alpha value is -6.84. The van der Waals surface area contributed by atoms with Gasteiger partial charge in [-0.3, -0.25) is 0 Å². The molecule has 0 spiro atoms. The zero-order chi connectivity index (χ0) is 44.1. The van der Waals surface area contributed by atoms with Gasteiger partial charge in [0.15, 0.2) is 0 Å². The molecule has 0 fully saturated rings. The van der Waals surface area contributed by atoms with Crippen LogP contribution in [0.5, 0.6) is 23.0 Å². The van der Waals surface area contributed by atoms with E-state index in [1.807, 2.05) is 0 Å². The second-order valence-electron chi connectivity index (χ2n) is 20.5. The molecular weight excluding hydrogens is 775 g/mol. The Balaban J connectivity index is 1.18. The summed E-state index contributed by atoms with van der Waals surface area (Å²) in [5.74, 6) is 3.52. The van der Waals surface area contributed by atoms with Crippen molar-refractivity contribution < 1.29 is 9.47 Å². The van der Waals surface area contributed by atoms with E-state index < -0.39 is 0 Å². The van der Waals surface area contributed by atoms with Crippen LogP contribution in [0.4, 0.5) is 0 Å². The number of rotatable bonds is 5. The molecule has 9 aromatic carbocycles. The van der Waals surface area contributed by atoms with Gasteiger partial charge in [-0.1, -0.05) is 201 Å². The van der Waals surface area contributed by atoms with E-state index in [-0.39, 0.29) is 23.0 Å². The number of hydrogen-bond donors (Lipinski definition) is 0. The Morgan fingerprint density at radius 2 is 0.750 bits per heavy atom. The van der Waals surface area contributed by atoms with E-state index in [2.05, 4.69) is 231 Å². The van der Waals surface area contributed by atoms with Crippen molar-refractivity contribution >= 4 is 44.6 Å². The molecule has 64 heavy (non-hydrogen) atoms. The lowest BCUT2D eigenvalue weighted by molar-refractivity contribution is 0.461. The van der Waals surface area contributed by atoms with Crippen molar-refractivity contribution in [3.8, 4) is 56.4 Å². The molecule has 0 atom stereocenters. The minimum atomic E-state index is -0.313. The Labute approximate surface area is 378 Å². The number of benzene rings is 9. The van der Waals surface area contributed by atoms with Crippen LogP contribution in [0.1, 0.15) is 77.6 Å². The zero-order valence-corrected chi connectivity index (χ0v) is 38.1. The third-order valence-electron chi connectivity index (χ3n) is 14.0. The summed E-state index contributed by atoms with van der Waals surface area (Å²) >= 11 is 0. The molecule has 0 bridgehead atoms. The lowest BCUT2D eigenvalue weighted by atomic mass is 9.34. The minimum absolute atomic E-state index is 0.0191. The Kier molecular flexibility index (Phi) is 9.12. The molecule has 2 nitrogen and oxygen atoms in total. The first kappa shape index (κ1) is 40.0. The van der Waals surface area contributed by atoms with E-state index in [1.54, 1.807) is 0 Å². The predicted octanol–water partition coefficient (Wildman–Crippen LogP) is 14.6. The van der Waals surface area contributed by atoms with Gasteiger partial charge < -0.3 is 9.47 Å². The molecule has 3 heteroatoms. The molecule has 9 aromatic rings. The summed E-state index contributed by atoms with van der Waals surface area (Å²) in [6, 6.07) is 65.1. The van der Waals surface area contributed by atoms with Crippen LogP contribution in [0.3, 0.4) is 0 Å². The Morgan fingerprint density at radius 3 is 1.23 bits per heavy atom. The molecule has 0 amide bonds. The van der Waals surface area contributed by atoms with E-state index in [4.69, 9.17) is 9.47 Å². The van der Waals surface area contributed by atoms with Crippen molar-refractivity contribution in [1.29, 1.82) is 0 Å².